The van der Waals surface area contributed by atoms with Crippen molar-refractivity contribution >= 4 is 40.3 Å². The number of fused-ring (bicyclic) bond motifs is 1. The van der Waals surface area contributed by atoms with Gasteiger partial charge in [-0.15, -0.1) is 11.8 Å². The number of hydrogen-bond donors (Lipinski definition) is 0. The number of ether oxygens (including phenoxy) is 1. The van der Waals surface area contributed by atoms with Gasteiger partial charge in [0.2, 0.25) is 0 Å². The van der Waals surface area contributed by atoms with Gasteiger partial charge in [0.25, 0.3) is 0 Å². The molecule has 0 saturated carbocycles. The van der Waals surface area contributed by atoms with Crippen LogP contribution in [0.2, 0.25) is 5.02 Å². The Bertz CT molecular complexity index is 982. The fourth-order valence-electron chi connectivity index (χ4n) is 2.47. The van der Waals surface area contributed by atoms with Gasteiger partial charge in [0, 0.05) is 32.7 Å². The predicted octanol–water partition coefficient (Wildman–Crippen LogP) is 4.98. The lowest BCUT2D eigenvalue weighted by molar-refractivity contribution is -0.144. The molecule has 26 heavy (non-hydrogen) atoms. The van der Waals surface area contributed by atoms with Crippen molar-refractivity contribution in [2.45, 2.75) is 24.8 Å². The summed E-state index contributed by atoms with van der Waals surface area (Å²) in [4.78, 5) is 24.8. The standard InChI is InChI=1S/C20H17ClO4S/c1-13-9-18-16(11-17(13)21)14(10-20(23)25-18)12-24-19(22)7-8-26-15-5-3-2-4-6-15/h2-6,9-11H,7-8,12H2,1H3. The molecule has 1 heterocycles. The average molecular weight is 389 g/mol. The average Bonchev–Trinajstić information content (AvgIpc) is 2.62. The van der Waals surface area contributed by atoms with Crippen LogP contribution in [0.4, 0.5) is 0 Å². The summed E-state index contributed by atoms with van der Waals surface area (Å²) in [7, 11) is 0. The largest absolute Gasteiger partial charge is 0.461 e. The van der Waals surface area contributed by atoms with Gasteiger partial charge in [-0.05, 0) is 36.8 Å². The number of carbonyl (C=O) groups excluding carboxylic acids is 1. The second kappa shape index (κ2) is 8.43. The number of halogens is 1. The van der Waals surface area contributed by atoms with Crippen molar-refractivity contribution in [3.63, 3.8) is 0 Å². The van der Waals surface area contributed by atoms with Crippen molar-refractivity contribution < 1.29 is 13.9 Å². The Morgan fingerprint density at radius 2 is 1.96 bits per heavy atom. The molecular weight excluding hydrogens is 372 g/mol. The third-order valence-corrected chi connectivity index (χ3v) is 5.24. The van der Waals surface area contributed by atoms with Crippen LogP contribution in [-0.2, 0) is 16.1 Å². The van der Waals surface area contributed by atoms with Crippen LogP contribution < -0.4 is 5.63 Å². The number of rotatable bonds is 6. The molecule has 0 N–H and O–H groups in total. The Labute approximate surface area is 160 Å². The third kappa shape index (κ3) is 4.68. The second-order valence-corrected chi connectivity index (χ2v) is 7.34. The lowest BCUT2D eigenvalue weighted by Crippen LogP contribution is -2.08. The number of benzene rings is 2. The monoisotopic (exact) mass is 388 g/mol. The van der Waals surface area contributed by atoms with Crippen molar-refractivity contribution in [2.24, 2.45) is 0 Å². The molecule has 0 bridgehead atoms. The molecule has 1 aromatic heterocycles. The summed E-state index contributed by atoms with van der Waals surface area (Å²) in [6.07, 6.45) is 0.290. The van der Waals surface area contributed by atoms with Crippen LogP contribution in [0.25, 0.3) is 11.0 Å². The molecule has 134 valence electrons. The smallest absolute Gasteiger partial charge is 0.336 e. The first-order valence-electron chi connectivity index (χ1n) is 8.09. The Hall–Kier alpha value is -2.24. The van der Waals surface area contributed by atoms with Crippen LogP contribution in [0.1, 0.15) is 17.5 Å². The maximum Gasteiger partial charge on any atom is 0.336 e. The molecule has 3 aromatic rings. The third-order valence-electron chi connectivity index (χ3n) is 3.82. The van der Waals surface area contributed by atoms with Gasteiger partial charge in [-0.2, -0.15) is 0 Å². The van der Waals surface area contributed by atoms with E-state index in [-0.39, 0.29) is 12.6 Å². The summed E-state index contributed by atoms with van der Waals surface area (Å²) in [5.41, 5.74) is 1.35. The zero-order chi connectivity index (χ0) is 18.5. The molecule has 2 aromatic carbocycles. The van der Waals surface area contributed by atoms with E-state index in [1.807, 2.05) is 37.3 Å². The normalized spacial score (nSPS) is 10.8. The van der Waals surface area contributed by atoms with Gasteiger partial charge in [-0.25, -0.2) is 4.79 Å². The summed E-state index contributed by atoms with van der Waals surface area (Å²) < 4.78 is 10.5. The van der Waals surface area contributed by atoms with E-state index in [1.165, 1.54) is 6.07 Å². The van der Waals surface area contributed by atoms with Crippen LogP contribution in [-0.4, -0.2) is 11.7 Å². The van der Waals surface area contributed by atoms with E-state index in [1.54, 1.807) is 23.9 Å². The highest BCUT2D eigenvalue weighted by molar-refractivity contribution is 7.99. The van der Waals surface area contributed by atoms with Crippen molar-refractivity contribution in [2.75, 3.05) is 5.75 Å². The summed E-state index contributed by atoms with van der Waals surface area (Å²) in [5, 5.41) is 1.24. The van der Waals surface area contributed by atoms with Gasteiger partial charge in [0.05, 0.1) is 6.42 Å². The molecule has 0 amide bonds. The number of thioether (sulfide) groups is 1. The van der Waals surface area contributed by atoms with Gasteiger partial charge in [0.1, 0.15) is 12.2 Å². The molecule has 0 unspecified atom stereocenters. The summed E-state index contributed by atoms with van der Waals surface area (Å²) >= 11 is 7.75. The molecule has 0 fully saturated rings. The highest BCUT2D eigenvalue weighted by Crippen LogP contribution is 2.25. The summed E-state index contributed by atoms with van der Waals surface area (Å²) in [6.45, 7) is 1.84. The first kappa shape index (κ1) is 18.5. The second-order valence-electron chi connectivity index (χ2n) is 5.76. The summed E-state index contributed by atoms with van der Waals surface area (Å²) in [6, 6.07) is 14.6. The van der Waals surface area contributed by atoms with Gasteiger partial charge in [-0.3, -0.25) is 4.79 Å². The minimum absolute atomic E-state index is 0.0102. The Balaban J connectivity index is 1.63. The van der Waals surface area contributed by atoms with Crippen LogP contribution in [0.3, 0.4) is 0 Å². The van der Waals surface area contributed by atoms with Crippen LogP contribution in [0.15, 0.2) is 62.6 Å². The molecule has 6 heteroatoms. The van der Waals surface area contributed by atoms with Crippen molar-refractivity contribution in [3.8, 4) is 0 Å². The number of esters is 1. The van der Waals surface area contributed by atoms with Crippen LogP contribution in [0.5, 0.6) is 0 Å². The number of carbonyl (C=O) groups is 1. The molecule has 0 atom stereocenters. The van der Waals surface area contributed by atoms with Crippen LogP contribution in [0, 0.1) is 6.92 Å². The first-order chi connectivity index (χ1) is 12.5. The van der Waals surface area contributed by atoms with E-state index in [9.17, 15) is 9.59 Å². The molecule has 4 nitrogen and oxygen atoms in total. The number of aryl methyl sites for hydroxylation is 1. The lowest BCUT2D eigenvalue weighted by Gasteiger charge is -2.08. The van der Waals surface area contributed by atoms with E-state index in [0.717, 1.165) is 10.5 Å². The molecule has 0 aliphatic heterocycles. The number of hydrogen-bond acceptors (Lipinski definition) is 5. The topological polar surface area (TPSA) is 56.5 Å². The first-order valence-corrected chi connectivity index (χ1v) is 9.45. The minimum Gasteiger partial charge on any atom is -0.461 e. The zero-order valence-corrected chi connectivity index (χ0v) is 15.7. The maximum absolute atomic E-state index is 12.0. The molecule has 0 saturated heterocycles. The molecule has 0 aliphatic carbocycles. The molecule has 0 aliphatic rings. The molecular formula is C20H17ClO4S. The minimum atomic E-state index is -0.482. The Kier molecular flexibility index (Phi) is 6.01. The lowest BCUT2D eigenvalue weighted by atomic mass is 10.1. The van der Waals surface area contributed by atoms with Gasteiger partial charge >= 0.3 is 11.6 Å². The molecule has 0 radical (unpaired) electrons. The van der Waals surface area contributed by atoms with E-state index in [2.05, 4.69) is 0 Å². The van der Waals surface area contributed by atoms with Crippen molar-refractivity contribution in [1.29, 1.82) is 0 Å². The SMILES string of the molecule is Cc1cc2oc(=O)cc(COC(=O)CCSc3ccccc3)c2cc1Cl. The molecule has 3 rings (SSSR count). The Morgan fingerprint density at radius 1 is 1.19 bits per heavy atom. The highest BCUT2D eigenvalue weighted by Gasteiger charge is 2.11. The quantitative estimate of drug-likeness (QED) is 0.338. The zero-order valence-electron chi connectivity index (χ0n) is 14.2. The van der Waals surface area contributed by atoms with Crippen LogP contribution >= 0.6 is 23.4 Å². The van der Waals surface area contributed by atoms with Gasteiger partial charge < -0.3 is 9.15 Å². The predicted molar refractivity (Wildman–Crippen MR) is 104 cm³/mol. The van der Waals surface area contributed by atoms with E-state index >= 15 is 0 Å². The maximum atomic E-state index is 12.0. The van der Waals surface area contributed by atoms with Crippen molar-refractivity contribution in [1.82, 2.24) is 0 Å². The van der Waals surface area contributed by atoms with Gasteiger partial charge in [0.15, 0.2) is 0 Å². The highest BCUT2D eigenvalue weighted by atomic mass is 35.5. The van der Waals surface area contributed by atoms with E-state index in [0.29, 0.717) is 33.7 Å². The van der Waals surface area contributed by atoms with Gasteiger partial charge in [-0.1, -0.05) is 29.8 Å². The van der Waals surface area contributed by atoms with Crippen molar-refractivity contribution in [3.05, 3.63) is 75.1 Å². The summed E-state index contributed by atoms with van der Waals surface area (Å²) in [5.74, 6) is 0.318. The molecule has 0 spiro atoms. The fourth-order valence-corrected chi connectivity index (χ4v) is 3.48. The Morgan fingerprint density at radius 3 is 2.73 bits per heavy atom. The fraction of sp³-hybridized carbons (Fsp3) is 0.200. The van der Waals surface area contributed by atoms with E-state index < -0.39 is 5.63 Å². The van der Waals surface area contributed by atoms with E-state index in [4.69, 9.17) is 20.8 Å².